The molecule has 114 valence electrons. The lowest BCUT2D eigenvalue weighted by molar-refractivity contribution is -0.136. The Morgan fingerprint density at radius 2 is 1.95 bits per heavy atom. The first-order valence-corrected chi connectivity index (χ1v) is 7.90. The molecule has 4 nitrogen and oxygen atoms in total. The predicted octanol–water partition coefficient (Wildman–Crippen LogP) is 2.49. The number of carbonyl (C=O) groups excluding carboxylic acids is 1. The number of hydrogen-bond donors (Lipinski definition) is 1. The summed E-state index contributed by atoms with van der Waals surface area (Å²) in [5.41, 5.74) is 7.31. The highest BCUT2D eigenvalue weighted by atomic mass is 16.5. The first kappa shape index (κ1) is 14.4. The van der Waals surface area contributed by atoms with E-state index >= 15 is 0 Å². The molecule has 1 amide bonds. The molecule has 21 heavy (non-hydrogen) atoms. The molecule has 2 fully saturated rings. The average molecular weight is 288 g/mol. The number of benzene rings is 1. The second-order valence-corrected chi connectivity index (χ2v) is 6.16. The molecule has 1 saturated carbocycles. The number of likely N-dealkylation sites (tertiary alicyclic amines) is 1. The third-order valence-electron chi connectivity index (χ3n) is 4.92. The summed E-state index contributed by atoms with van der Waals surface area (Å²) >= 11 is 0. The zero-order valence-corrected chi connectivity index (χ0v) is 12.6. The third-order valence-corrected chi connectivity index (χ3v) is 4.92. The van der Waals surface area contributed by atoms with Gasteiger partial charge in [-0.3, -0.25) is 4.79 Å². The maximum absolute atomic E-state index is 12.8. The SMILES string of the molecule is COc1ccc(C2CCCN2C(=O)C2CCCC2N)cc1. The number of nitrogens with zero attached hydrogens (tertiary/aromatic N) is 1. The van der Waals surface area contributed by atoms with Crippen LogP contribution in [0.5, 0.6) is 5.75 Å². The van der Waals surface area contributed by atoms with Crippen molar-refractivity contribution in [2.45, 2.75) is 44.2 Å². The molecule has 1 aromatic rings. The number of rotatable bonds is 3. The van der Waals surface area contributed by atoms with Gasteiger partial charge in [0.2, 0.25) is 5.91 Å². The average Bonchev–Trinajstić information content (AvgIpc) is 3.15. The molecule has 2 aliphatic rings. The fourth-order valence-electron chi connectivity index (χ4n) is 3.71. The Morgan fingerprint density at radius 3 is 2.57 bits per heavy atom. The molecule has 1 aliphatic heterocycles. The Balaban J connectivity index is 1.76. The monoisotopic (exact) mass is 288 g/mol. The van der Waals surface area contributed by atoms with Gasteiger partial charge >= 0.3 is 0 Å². The van der Waals surface area contributed by atoms with Crippen LogP contribution in [0, 0.1) is 5.92 Å². The number of methoxy groups -OCH3 is 1. The van der Waals surface area contributed by atoms with Gasteiger partial charge in [-0.15, -0.1) is 0 Å². The lowest BCUT2D eigenvalue weighted by Crippen LogP contribution is -2.41. The summed E-state index contributed by atoms with van der Waals surface area (Å²) in [6.45, 7) is 0.860. The predicted molar refractivity (Wildman–Crippen MR) is 82.0 cm³/mol. The lowest BCUT2D eigenvalue weighted by atomic mass is 9.99. The molecule has 3 unspecified atom stereocenters. The van der Waals surface area contributed by atoms with E-state index in [0.29, 0.717) is 0 Å². The quantitative estimate of drug-likeness (QED) is 0.929. The van der Waals surface area contributed by atoms with Crippen molar-refractivity contribution < 1.29 is 9.53 Å². The Hall–Kier alpha value is -1.55. The Labute approximate surface area is 126 Å². The molecule has 4 heteroatoms. The van der Waals surface area contributed by atoms with Gasteiger partial charge in [-0.05, 0) is 43.4 Å². The summed E-state index contributed by atoms with van der Waals surface area (Å²) in [5.74, 6) is 1.15. The number of nitrogens with two attached hydrogens (primary N) is 1. The topological polar surface area (TPSA) is 55.6 Å². The van der Waals surface area contributed by atoms with Gasteiger partial charge in [0, 0.05) is 12.6 Å². The van der Waals surface area contributed by atoms with Gasteiger partial charge in [0.1, 0.15) is 5.75 Å². The number of ether oxygens (including phenoxy) is 1. The lowest BCUT2D eigenvalue weighted by Gasteiger charge is -2.29. The molecule has 3 rings (SSSR count). The molecule has 0 radical (unpaired) electrons. The van der Waals surface area contributed by atoms with E-state index in [2.05, 4.69) is 17.0 Å². The minimum absolute atomic E-state index is 0.0313. The number of carbonyl (C=O) groups is 1. The summed E-state index contributed by atoms with van der Waals surface area (Å²) in [7, 11) is 1.67. The van der Waals surface area contributed by atoms with Crippen LogP contribution in [0.4, 0.5) is 0 Å². The smallest absolute Gasteiger partial charge is 0.227 e. The van der Waals surface area contributed by atoms with Crippen LogP contribution in [0.1, 0.15) is 43.7 Å². The zero-order chi connectivity index (χ0) is 14.8. The van der Waals surface area contributed by atoms with Crippen LogP contribution >= 0.6 is 0 Å². The van der Waals surface area contributed by atoms with Crippen LogP contribution in [0.3, 0.4) is 0 Å². The van der Waals surface area contributed by atoms with Crippen LogP contribution < -0.4 is 10.5 Å². The molecular weight excluding hydrogens is 264 g/mol. The highest BCUT2D eigenvalue weighted by Gasteiger charge is 2.38. The normalized spacial score (nSPS) is 28.9. The fraction of sp³-hybridized carbons (Fsp3) is 0.588. The van der Waals surface area contributed by atoms with Crippen molar-refractivity contribution in [2.75, 3.05) is 13.7 Å². The Bertz CT molecular complexity index is 500. The van der Waals surface area contributed by atoms with E-state index in [-0.39, 0.29) is 23.9 Å². The summed E-state index contributed by atoms with van der Waals surface area (Å²) < 4.78 is 5.20. The maximum Gasteiger partial charge on any atom is 0.227 e. The van der Waals surface area contributed by atoms with E-state index in [9.17, 15) is 4.79 Å². The van der Waals surface area contributed by atoms with Crippen LogP contribution in [0.15, 0.2) is 24.3 Å². The van der Waals surface area contributed by atoms with E-state index < -0.39 is 0 Å². The van der Waals surface area contributed by atoms with Gasteiger partial charge in [-0.1, -0.05) is 18.6 Å². The van der Waals surface area contributed by atoms with Gasteiger partial charge in [0.05, 0.1) is 19.1 Å². The molecule has 3 atom stereocenters. The number of amides is 1. The Morgan fingerprint density at radius 1 is 1.19 bits per heavy atom. The largest absolute Gasteiger partial charge is 0.497 e. The zero-order valence-electron chi connectivity index (χ0n) is 12.6. The minimum Gasteiger partial charge on any atom is -0.497 e. The first-order valence-electron chi connectivity index (χ1n) is 7.90. The van der Waals surface area contributed by atoms with Crippen molar-refractivity contribution in [1.29, 1.82) is 0 Å². The van der Waals surface area contributed by atoms with Crippen LogP contribution in [0.2, 0.25) is 0 Å². The van der Waals surface area contributed by atoms with Crippen molar-refractivity contribution >= 4 is 5.91 Å². The first-order chi connectivity index (χ1) is 10.2. The molecule has 1 heterocycles. The van der Waals surface area contributed by atoms with Gasteiger partial charge < -0.3 is 15.4 Å². The fourth-order valence-corrected chi connectivity index (χ4v) is 3.71. The molecule has 0 spiro atoms. The van der Waals surface area contributed by atoms with E-state index in [0.717, 1.165) is 44.4 Å². The van der Waals surface area contributed by atoms with Crippen LogP contribution in [0.25, 0.3) is 0 Å². The van der Waals surface area contributed by atoms with Crippen LogP contribution in [-0.4, -0.2) is 30.5 Å². The van der Waals surface area contributed by atoms with Crippen molar-refractivity contribution in [1.82, 2.24) is 4.90 Å². The second kappa shape index (κ2) is 6.06. The summed E-state index contributed by atoms with van der Waals surface area (Å²) in [6, 6.07) is 8.34. The van der Waals surface area contributed by atoms with Crippen molar-refractivity contribution in [3.05, 3.63) is 29.8 Å². The highest BCUT2D eigenvalue weighted by molar-refractivity contribution is 5.80. The number of hydrogen-bond acceptors (Lipinski definition) is 3. The van der Waals surface area contributed by atoms with Crippen molar-refractivity contribution in [3.8, 4) is 5.75 Å². The standard InChI is InChI=1S/C17H24N2O2/c1-21-13-9-7-12(8-10-13)16-6-3-11-19(16)17(20)14-4-2-5-15(14)18/h7-10,14-16H,2-6,11,18H2,1H3. The van der Waals surface area contributed by atoms with E-state index in [4.69, 9.17) is 10.5 Å². The highest BCUT2D eigenvalue weighted by Crippen LogP contribution is 2.36. The summed E-state index contributed by atoms with van der Waals surface area (Å²) in [5, 5.41) is 0. The van der Waals surface area contributed by atoms with E-state index in [1.807, 2.05) is 12.1 Å². The van der Waals surface area contributed by atoms with E-state index in [1.54, 1.807) is 7.11 Å². The molecule has 2 N–H and O–H groups in total. The molecule has 1 aromatic carbocycles. The molecule has 1 saturated heterocycles. The Kier molecular flexibility index (Phi) is 4.15. The molecular formula is C17H24N2O2. The molecule has 0 bridgehead atoms. The summed E-state index contributed by atoms with van der Waals surface area (Å²) in [6.07, 6.45) is 5.13. The van der Waals surface area contributed by atoms with Crippen LogP contribution in [-0.2, 0) is 4.79 Å². The molecule has 1 aliphatic carbocycles. The third kappa shape index (κ3) is 2.77. The van der Waals surface area contributed by atoms with E-state index in [1.165, 1.54) is 5.56 Å². The van der Waals surface area contributed by atoms with Gasteiger partial charge in [0.15, 0.2) is 0 Å². The van der Waals surface area contributed by atoms with Gasteiger partial charge in [-0.2, -0.15) is 0 Å². The minimum atomic E-state index is 0.0313. The van der Waals surface area contributed by atoms with Gasteiger partial charge in [0.25, 0.3) is 0 Å². The van der Waals surface area contributed by atoms with Gasteiger partial charge in [-0.25, -0.2) is 0 Å². The summed E-state index contributed by atoms with van der Waals surface area (Å²) in [4.78, 5) is 14.8. The van der Waals surface area contributed by atoms with Crippen molar-refractivity contribution in [2.24, 2.45) is 11.7 Å². The maximum atomic E-state index is 12.8. The molecule has 0 aromatic heterocycles. The van der Waals surface area contributed by atoms with Crippen molar-refractivity contribution in [3.63, 3.8) is 0 Å². The second-order valence-electron chi connectivity index (χ2n) is 6.16.